The van der Waals surface area contributed by atoms with Crippen LogP contribution >= 0.6 is 11.8 Å². The van der Waals surface area contributed by atoms with Crippen LogP contribution in [0.3, 0.4) is 0 Å². The third-order valence-corrected chi connectivity index (χ3v) is 3.66. The van der Waals surface area contributed by atoms with Gasteiger partial charge < -0.3 is 0 Å². The van der Waals surface area contributed by atoms with Crippen molar-refractivity contribution in [2.75, 3.05) is 11.5 Å². The summed E-state index contributed by atoms with van der Waals surface area (Å²) in [5.74, 6) is 2.73. The van der Waals surface area contributed by atoms with Gasteiger partial charge in [0.1, 0.15) is 0 Å². The van der Waals surface area contributed by atoms with E-state index in [0.29, 0.717) is 0 Å². The van der Waals surface area contributed by atoms with Gasteiger partial charge in [-0.05, 0) is 24.3 Å². The second kappa shape index (κ2) is 13.4. The van der Waals surface area contributed by atoms with Crippen molar-refractivity contribution >= 4 is 11.8 Å². The summed E-state index contributed by atoms with van der Waals surface area (Å²) < 4.78 is 0. The van der Waals surface area contributed by atoms with Crippen LogP contribution in [0.1, 0.15) is 64.7 Å². The Morgan fingerprint density at radius 3 is 1.93 bits per heavy atom. The summed E-state index contributed by atoms with van der Waals surface area (Å²) in [6.45, 7) is 6.12. The predicted octanol–water partition coefficient (Wildman–Crippen LogP) is 5.08. The Balaban J connectivity index is 2.78. The number of hydrogen-bond donors (Lipinski definition) is 0. The van der Waals surface area contributed by atoms with Gasteiger partial charge in [0.25, 0.3) is 0 Å². The fourth-order valence-electron chi connectivity index (χ4n) is 1.51. The van der Waals surface area contributed by atoms with Gasteiger partial charge in [0, 0.05) is 0 Å². The standard InChI is InChI=1S/C13H27S/c1-3-5-6-7-8-9-10-11-13-14-12-4-2/h1,3-13H2,2H3. The van der Waals surface area contributed by atoms with Crippen molar-refractivity contribution in [2.24, 2.45) is 0 Å². The lowest BCUT2D eigenvalue weighted by Gasteiger charge is -2.01. The molecule has 0 atom stereocenters. The number of unbranched alkanes of at least 4 members (excludes halogenated alkanes) is 7. The van der Waals surface area contributed by atoms with E-state index in [1.807, 2.05) is 0 Å². The van der Waals surface area contributed by atoms with E-state index in [-0.39, 0.29) is 0 Å². The number of rotatable bonds is 11. The minimum atomic E-state index is 1.12. The molecule has 0 aromatic rings. The Labute approximate surface area is 95.2 Å². The molecule has 0 spiro atoms. The van der Waals surface area contributed by atoms with Crippen molar-refractivity contribution in [3.05, 3.63) is 6.92 Å². The molecule has 0 aliphatic carbocycles. The largest absolute Gasteiger partial charge is 0.162 e. The molecule has 0 N–H and O–H groups in total. The van der Waals surface area contributed by atoms with Crippen LogP contribution < -0.4 is 0 Å². The maximum Gasteiger partial charge on any atom is -0.00675 e. The van der Waals surface area contributed by atoms with Crippen molar-refractivity contribution in [1.29, 1.82) is 0 Å². The van der Waals surface area contributed by atoms with Crippen molar-refractivity contribution in [1.82, 2.24) is 0 Å². The molecule has 14 heavy (non-hydrogen) atoms. The van der Waals surface area contributed by atoms with Crippen LogP contribution in [0.25, 0.3) is 0 Å². The number of thioether (sulfide) groups is 1. The second-order valence-corrected chi connectivity index (χ2v) is 5.17. The van der Waals surface area contributed by atoms with Crippen LogP contribution in [0, 0.1) is 6.92 Å². The van der Waals surface area contributed by atoms with Crippen LogP contribution in [-0.4, -0.2) is 11.5 Å². The molecule has 0 saturated heterocycles. The highest BCUT2D eigenvalue weighted by molar-refractivity contribution is 7.99. The average Bonchev–Trinajstić information content (AvgIpc) is 2.21. The van der Waals surface area contributed by atoms with Gasteiger partial charge >= 0.3 is 0 Å². The van der Waals surface area contributed by atoms with E-state index >= 15 is 0 Å². The highest BCUT2D eigenvalue weighted by atomic mass is 32.2. The summed E-state index contributed by atoms with van der Waals surface area (Å²) in [5.41, 5.74) is 0. The molecule has 1 radical (unpaired) electrons. The first-order chi connectivity index (χ1) is 6.91. The molecule has 0 heterocycles. The van der Waals surface area contributed by atoms with Crippen LogP contribution in [0.5, 0.6) is 0 Å². The van der Waals surface area contributed by atoms with Crippen molar-refractivity contribution in [3.8, 4) is 0 Å². The van der Waals surface area contributed by atoms with Crippen molar-refractivity contribution < 1.29 is 0 Å². The first-order valence-corrected chi connectivity index (χ1v) is 7.44. The molecule has 0 rings (SSSR count). The molecule has 0 bridgehead atoms. The smallest absolute Gasteiger partial charge is 0.00675 e. The van der Waals surface area contributed by atoms with Crippen LogP contribution in [-0.2, 0) is 0 Å². The average molecular weight is 215 g/mol. The lowest BCUT2D eigenvalue weighted by atomic mass is 10.1. The summed E-state index contributed by atoms with van der Waals surface area (Å²) in [7, 11) is 0. The summed E-state index contributed by atoms with van der Waals surface area (Å²) in [5, 5.41) is 0. The molecular weight excluding hydrogens is 188 g/mol. The van der Waals surface area contributed by atoms with Gasteiger partial charge in [-0.15, -0.1) is 0 Å². The Morgan fingerprint density at radius 1 is 0.786 bits per heavy atom. The van der Waals surface area contributed by atoms with E-state index in [2.05, 4.69) is 25.6 Å². The van der Waals surface area contributed by atoms with Crippen molar-refractivity contribution in [2.45, 2.75) is 64.7 Å². The molecule has 0 amide bonds. The number of hydrogen-bond acceptors (Lipinski definition) is 1. The van der Waals surface area contributed by atoms with E-state index in [1.165, 1.54) is 62.9 Å². The molecule has 0 aliphatic heterocycles. The Bertz CT molecular complexity index is 79.2. The first-order valence-electron chi connectivity index (χ1n) is 6.28. The lowest BCUT2D eigenvalue weighted by Crippen LogP contribution is -1.84. The summed E-state index contributed by atoms with van der Waals surface area (Å²) in [6, 6.07) is 0. The topological polar surface area (TPSA) is 0 Å². The molecule has 0 aromatic carbocycles. The Hall–Kier alpha value is 0.350. The van der Waals surface area contributed by atoms with E-state index in [0.717, 1.165) is 6.42 Å². The zero-order chi connectivity index (χ0) is 10.5. The maximum atomic E-state index is 3.86. The van der Waals surface area contributed by atoms with E-state index in [4.69, 9.17) is 0 Å². The van der Waals surface area contributed by atoms with Crippen LogP contribution in [0.4, 0.5) is 0 Å². The molecule has 0 fully saturated rings. The normalized spacial score (nSPS) is 10.7. The van der Waals surface area contributed by atoms with E-state index in [9.17, 15) is 0 Å². The van der Waals surface area contributed by atoms with Gasteiger partial charge in [0.2, 0.25) is 0 Å². The van der Waals surface area contributed by atoms with Gasteiger partial charge in [-0.25, -0.2) is 0 Å². The predicted molar refractivity (Wildman–Crippen MR) is 69.9 cm³/mol. The third kappa shape index (κ3) is 12.3. The summed E-state index contributed by atoms with van der Waals surface area (Å²) >= 11 is 2.12. The summed E-state index contributed by atoms with van der Waals surface area (Å²) in [6.07, 6.45) is 12.4. The first kappa shape index (κ1) is 14.3. The quantitative estimate of drug-likeness (QED) is 0.433. The van der Waals surface area contributed by atoms with Gasteiger partial charge in [-0.3, -0.25) is 0 Å². The minimum absolute atomic E-state index is 1.12. The zero-order valence-electron chi connectivity index (χ0n) is 9.89. The molecule has 0 aromatic heterocycles. The van der Waals surface area contributed by atoms with Gasteiger partial charge in [0.15, 0.2) is 0 Å². The van der Waals surface area contributed by atoms with Gasteiger partial charge in [0.05, 0.1) is 0 Å². The highest BCUT2D eigenvalue weighted by Crippen LogP contribution is 2.11. The molecule has 85 valence electrons. The lowest BCUT2D eigenvalue weighted by molar-refractivity contribution is 0.593. The SMILES string of the molecule is [CH2]CCCCCCCCCSCCC. The van der Waals surface area contributed by atoms with Crippen LogP contribution in [0.2, 0.25) is 0 Å². The van der Waals surface area contributed by atoms with Crippen LogP contribution in [0.15, 0.2) is 0 Å². The molecular formula is C13H27S. The molecule has 0 saturated carbocycles. The van der Waals surface area contributed by atoms with E-state index < -0.39 is 0 Å². The molecule has 0 aliphatic rings. The van der Waals surface area contributed by atoms with Crippen molar-refractivity contribution in [3.63, 3.8) is 0 Å². The minimum Gasteiger partial charge on any atom is -0.162 e. The fourth-order valence-corrected chi connectivity index (χ4v) is 2.41. The Kier molecular flexibility index (Phi) is 13.7. The molecule has 1 heteroatoms. The monoisotopic (exact) mass is 215 g/mol. The van der Waals surface area contributed by atoms with Gasteiger partial charge in [-0.1, -0.05) is 58.8 Å². The third-order valence-electron chi connectivity index (χ3n) is 2.39. The maximum absolute atomic E-state index is 3.86. The molecule has 0 unspecified atom stereocenters. The summed E-state index contributed by atoms with van der Waals surface area (Å²) in [4.78, 5) is 0. The second-order valence-electron chi connectivity index (χ2n) is 3.94. The highest BCUT2D eigenvalue weighted by Gasteiger charge is 1.91. The molecule has 0 nitrogen and oxygen atoms in total. The Morgan fingerprint density at radius 2 is 1.36 bits per heavy atom. The zero-order valence-corrected chi connectivity index (χ0v) is 10.7. The van der Waals surface area contributed by atoms with E-state index in [1.54, 1.807) is 0 Å². The fraction of sp³-hybridized carbons (Fsp3) is 0.923. The van der Waals surface area contributed by atoms with Gasteiger partial charge in [-0.2, -0.15) is 11.8 Å².